The van der Waals surface area contributed by atoms with Crippen LogP contribution in [0.15, 0.2) is 84.1 Å². The first-order valence-electron chi connectivity index (χ1n) is 9.02. The van der Waals surface area contributed by atoms with Crippen LogP contribution in [0, 0.1) is 0 Å². The summed E-state index contributed by atoms with van der Waals surface area (Å²) in [7, 11) is 0. The zero-order valence-corrected chi connectivity index (χ0v) is 16.9. The van der Waals surface area contributed by atoms with Gasteiger partial charge in [-0.1, -0.05) is 71.7 Å². The van der Waals surface area contributed by atoms with Crippen molar-refractivity contribution in [2.45, 2.75) is 6.54 Å². The lowest BCUT2D eigenvalue weighted by atomic mass is 10.1. The number of nitrogens with one attached hydrogen (secondary N) is 1. The van der Waals surface area contributed by atoms with Crippen molar-refractivity contribution in [2.24, 2.45) is 5.10 Å². The lowest BCUT2D eigenvalue weighted by Gasteiger charge is -2.05. The predicted molar refractivity (Wildman–Crippen MR) is 119 cm³/mol. The maximum absolute atomic E-state index is 12.8. The molecule has 0 aliphatic rings. The standard InChI is InChI=1S/C23H17Cl2N3O/c24-18-11-9-16(10-12-18)14-28-15-20(19-6-2-4-8-22(19)28)23(29)27-26-13-17-5-1-3-7-21(17)25/h1-13,15H,14H2,(H,27,29)/b26-13+. The molecule has 3 aromatic carbocycles. The van der Waals surface area contributed by atoms with E-state index in [0.29, 0.717) is 22.2 Å². The van der Waals surface area contributed by atoms with E-state index in [-0.39, 0.29) is 5.91 Å². The third kappa shape index (κ3) is 4.34. The number of halogens is 2. The van der Waals surface area contributed by atoms with Crippen LogP contribution in [0.2, 0.25) is 10.0 Å². The number of rotatable bonds is 5. The molecule has 1 heterocycles. The molecule has 1 amide bonds. The Morgan fingerprint density at radius 3 is 2.48 bits per heavy atom. The van der Waals surface area contributed by atoms with Crippen LogP contribution >= 0.6 is 23.2 Å². The minimum atomic E-state index is -0.278. The second-order valence-corrected chi connectivity index (χ2v) is 7.38. The second kappa shape index (κ2) is 8.52. The largest absolute Gasteiger partial charge is 0.342 e. The Labute approximate surface area is 178 Å². The minimum absolute atomic E-state index is 0.278. The van der Waals surface area contributed by atoms with E-state index in [9.17, 15) is 4.79 Å². The highest BCUT2D eigenvalue weighted by molar-refractivity contribution is 6.33. The number of hydrogen-bond donors (Lipinski definition) is 1. The highest BCUT2D eigenvalue weighted by atomic mass is 35.5. The summed E-state index contributed by atoms with van der Waals surface area (Å²) in [5, 5.41) is 6.19. The van der Waals surface area contributed by atoms with Gasteiger partial charge in [0.05, 0.1) is 11.8 Å². The Bertz CT molecular complexity index is 1200. The predicted octanol–water partition coefficient (Wildman–Crippen LogP) is 5.76. The van der Waals surface area contributed by atoms with Gasteiger partial charge in [-0.2, -0.15) is 5.10 Å². The number of nitrogens with zero attached hydrogens (tertiary/aromatic N) is 2. The summed E-state index contributed by atoms with van der Waals surface area (Å²) in [4.78, 5) is 12.8. The molecule has 4 aromatic rings. The maximum atomic E-state index is 12.8. The normalized spacial score (nSPS) is 11.2. The highest BCUT2D eigenvalue weighted by Gasteiger charge is 2.14. The fourth-order valence-electron chi connectivity index (χ4n) is 3.15. The van der Waals surface area contributed by atoms with Crippen LogP contribution in [0.4, 0.5) is 0 Å². The number of hydrazone groups is 1. The molecule has 0 saturated heterocycles. The minimum Gasteiger partial charge on any atom is -0.342 e. The first-order chi connectivity index (χ1) is 14.1. The van der Waals surface area contributed by atoms with Gasteiger partial charge < -0.3 is 4.57 Å². The Balaban J connectivity index is 1.59. The van der Waals surface area contributed by atoms with E-state index in [2.05, 4.69) is 10.5 Å². The van der Waals surface area contributed by atoms with Crippen LogP contribution in [0.1, 0.15) is 21.5 Å². The molecule has 29 heavy (non-hydrogen) atoms. The molecule has 0 unspecified atom stereocenters. The van der Waals surface area contributed by atoms with Gasteiger partial charge in [0.25, 0.3) is 5.91 Å². The Kier molecular flexibility index (Phi) is 5.65. The van der Waals surface area contributed by atoms with E-state index in [4.69, 9.17) is 23.2 Å². The van der Waals surface area contributed by atoms with Crippen LogP contribution in [0.5, 0.6) is 0 Å². The highest BCUT2D eigenvalue weighted by Crippen LogP contribution is 2.23. The van der Waals surface area contributed by atoms with Crippen LogP contribution in [0.25, 0.3) is 10.9 Å². The molecule has 0 aliphatic carbocycles. The second-order valence-electron chi connectivity index (χ2n) is 6.53. The Hall–Kier alpha value is -3.08. The molecule has 0 spiro atoms. The summed E-state index contributed by atoms with van der Waals surface area (Å²) in [5.41, 5.74) is 5.96. The third-order valence-electron chi connectivity index (χ3n) is 4.57. The van der Waals surface area contributed by atoms with Crippen molar-refractivity contribution < 1.29 is 4.79 Å². The average Bonchev–Trinajstić information content (AvgIpc) is 3.10. The van der Waals surface area contributed by atoms with E-state index >= 15 is 0 Å². The van der Waals surface area contributed by atoms with Gasteiger partial charge in [-0.25, -0.2) is 5.43 Å². The summed E-state index contributed by atoms with van der Waals surface area (Å²) >= 11 is 12.1. The molecule has 1 N–H and O–H groups in total. The fourth-order valence-corrected chi connectivity index (χ4v) is 3.46. The zero-order valence-electron chi connectivity index (χ0n) is 15.3. The quantitative estimate of drug-likeness (QED) is 0.323. The summed E-state index contributed by atoms with van der Waals surface area (Å²) in [5.74, 6) is -0.278. The first-order valence-corrected chi connectivity index (χ1v) is 9.77. The summed E-state index contributed by atoms with van der Waals surface area (Å²) in [6.07, 6.45) is 3.38. The molecule has 1 aromatic heterocycles. The van der Waals surface area contributed by atoms with Crippen LogP contribution in [0.3, 0.4) is 0 Å². The van der Waals surface area contributed by atoms with Gasteiger partial charge in [-0.15, -0.1) is 0 Å². The van der Waals surface area contributed by atoms with Crippen molar-refractivity contribution in [3.8, 4) is 0 Å². The van der Waals surface area contributed by atoms with Crippen LogP contribution in [-0.2, 0) is 6.54 Å². The van der Waals surface area contributed by atoms with Gasteiger partial charge in [0.2, 0.25) is 0 Å². The molecule has 0 atom stereocenters. The lowest BCUT2D eigenvalue weighted by molar-refractivity contribution is 0.0956. The van der Waals surface area contributed by atoms with Crippen molar-refractivity contribution in [3.63, 3.8) is 0 Å². The molecular weight excluding hydrogens is 405 g/mol. The Morgan fingerprint density at radius 2 is 1.69 bits per heavy atom. The number of hydrogen-bond acceptors (Lipinski definition) is 2. The first kappa shape index (κ1) is 19.2. The van der Waals surface area contributed by atoms with E-state index in [1.165, 1.54) is 6.21 Å². The topological polar surface area (TPSA) is 46.4 Å². The van der Waals surface area contributed by atoms with Crippen molar-refractivity contribution in [1.82, 2.24) is 9.99 Å². The maximum Gasteiger partial charge on any atom is 0.273 e. The summed E-state index contributed by atoms with van der Waals surface area (Å²) < 4.78 is 2.05. The van der Waals surface area contributed by atoms with E-state index in [1.807, 2.05) is 77.5 Å². The summed E-state index contributed by atoms with van der Waals surface area (Å²) in [6.45, 7) is 0.633. The van der Waals surface area contributed by atoms with E-state index in [1.54, 1.807) is 6.07 Å². The van der Waals surface area contributed by atoms with Crippen molar-refractivity contribution >= 4 is 46.2 Å². The number of amides is 1. The van der Waals surface area contributed by atoms with Crippen molar-refractivity contribution in [1.29, 1.82) is 0 Å². The van der Waals surface area contributed by atoms with E-state index in [0.717, 1.165) is 22.0 Å². The van der Waals surface area contributed by atoms with Gasteiger partial charge in [0.15, 0.2) is 0 Å². The van der Waals surface area contributed by atoms with Crippen LogP contribution in [-0.4, -0.2) is 16.7 Å². The number of carbonyl (C=O) groups excluding carboxylic acids is 1. The molecule has 4 nitrogen and oxygen atoms in total. The number of para-hydroxylation sites is 1. The van der Waals surface area contributed by atoms with Gasteiger partial charge in [-0.05, 0) is 29.8 Å². The molecule has 0 radical (unpaired) electrons. The summed E-state index contributed by atoms with van der Waals surface area (Å²) in [6, 6.07) is 22.8. The molecule has 0 fully saturated rings. The van der Waals surface area contributed by atoms with Crippen molar-refractivity contribution in [3.05, 3.63) is 106 Å². The molecule has 0 saturated carbocycles. The molecular formula is C23H17Cl2N3O. The Morgan fingerprint density at radius 1 is 0.966 bits per heavy atom. The van der Waals surface area contributed by atoms with Gasteiger partial charge in [-0.3, -0.25) is 4.79 Å². The smallest absolute Gasteiger partial charge is 0.273 e. The van der Waals surface area contributed by atoms with Crippen molar-refractivity contribution in [2.75, 3.05) is 0 Å². The number of carbonyl (C=O) groups is 1. The fraction of sp³-hybridized carbons (Fsp3) is 0.0435. The van der Waals surface area contributed by atoms with Crippen LogP contribution < -0.4 is 5.43 Å². The zero-order chi connectivity index (χ0) is 20.2. The number of aromatic nitrogens is 1. The SMILES string of the molecule is O=C(N/N=C/c1ccccc1Cl)c1cn(Cc2ccc(Cl)cc2)c2ccccc12. The molecule has 0 bridgehead atoms. The van der Waals surface area contributed by atoms with Gasteiger partial charge >= 0.3 is 0 Å². The van der Waals surface area contributed by atoms with Gasteiger partial charge in [0.1, 0.15) is 0 Å². The number of benzene rings is 3. The van der Waals surface area contributed by atoms with Gasteiger partial charge in [0, 0.05) is 39.3 Å². The third-order valence-corrected chi connectivity index (χ3v) is 5.17. The molecule has 4 rings (SSSR count). The number of fused-ring (bicyclic) bond motifs is 1. The van der Waals surface area contributed by atoms with E-state index < -0.39 is 0 Å². The molecule has 0 aliphatic heterocycles. The molecule has 144 valence electrons. The lowest BCUT2D eigenvalue weighted by Crippen LogP contribution is -2.17. The average molecular weight is 422 g/mol. The monoisotopic (exact) mass is 421 g/mol. The molecule has 6 heteroatoms.